The minimum Gasteiger partial charge on any atom is -0.506 e. The fraction of sp³-hybridized carbons (Fsp3) is 0.417. The molecule has 0 spiro atoms. The summed E-state index contributed by atoms with van der Waals surface area (Å²) in [5, 5.41) is 12.2. The minimum absolute atomic E-state index is 0.0113. The van der Waals surface area contributed by atoms with Crippen LogP contribution in [0.25, 0.3) is 0 Å². The normalized spacial score (nSPS) is 11.9. The fourth-order valence-electron chi connectivity index (χ4n) is 1.41. The van der Waals surface area contributed by atoms with Crippen LogP contribution in [0.5, 0.6) is 11.5 Å². The van der Waals surface area contributed by atoms with Crippen molar-refractivity contribution in [2.75, 3.05) is 12.4 Å². The average Bonchev–Trinajstić information content (AvgIpc) is 2.32. The first-order valence-electron chi connectivity index (χ1n) is 5.52. The Balaban J connectivity index is 2.76. The summed E-state index contributed by atoms with van der Waals surface area (Å²) in [6.45, 7) is 1.95. The Morgan fingerprint density at radius 3 is 2.88 bits per heavy atom. The van der Waals surface area contributed by atoms with Gasteiger partial charge in [0.2, 0.25) is 5.91 Å². The van der Waals surface area contributed by atoms with Gasteiger partial charge in [0.05, 0.1) is 18.8 Å². The van der Waals surface area contributed by atoms with Crippen LogP contribution in [-0.4, -0.2) is 24.2 Å². The van der Waals surface area contributed by atoms with E-state index in [2.05, 4.69) is 5.32 Å². The first kappa shape index (κ1) is 13.3. The van der Waals surface area contributed by atoms with E-state index in [1.54, 1.807) is 12.1 Å². The lowest BCUT2D eigenvalue weighted by Gasteiger charge is -2.13. The van der Waals surface area contributed by atoms with E-state index in [1.807, 2.05) is 6.92 Å². The summed E-state index contributed by atoms with van der Waals surface area (Å²) in [6.07, 6.45) is 1.44. The van der Waals surface area contributed by atoms with Crippen LogP contribution in [0.15, 0.2) is 18.2 Å². The minimum atomic E-state index is -0.564. The van der Waals surface area contributed by atoms with Gasteiger partial charge in [-0.15, -0.1) is 0 Å². The third-order valence-corrected chi connectivity index (χ3v) is 2.40. The molecular weight excluding hydrogens is 220 g/mol. The number of anilines is 1. The number of benzene rings is 1. The van der Waals surface area contributed by atoms with Crippen molar-refractivity contribution < 1.29 is 14.6 Å². The van der Waals surface area contributed by atoms with Crippen molar-refractivity contribution in [3.63, 3.8) is 0 Å². The molecule has 1 atom stereocenters. The maximum atomic E-state index is 11.7. The summed E-state index contributed by atoms with van der Waals surface area (Å²) in [5.41, 5.74) is 5.98. The zero-order chi connectivity index (χ0) is 12.8. The number of hydrogen-bond acceptors (Lipinski definition) is 4. The number of phenolic OH excluding ortho intramolecular Hbond substituents is 1. The second-order valence-corrected chi connectivity index (χ2v) is 3.77. The van der Waals surface area contributed by atoms with Crippen LogP contribution >= 0.6 is 0 Å². The Morgan fingerprint density at radius 1 is 1.59 bits per heavy atom. The topological polar surface area (TPSA) is 84.6 Å². The molecule has 0 aromatic heterocycles. The van der Waals surface area contributed by atoms with Gasteiger partial charge in [-0.3, -0.25) is 4.79 Å². The quantitative estimate of drug-likeness (QED) is 0.678. The maximum absolute atomic E-state index is 11.7. The third-order valence-electron chi connectivity index (χ3n) is 2.40. The highest BCUT2D eigenvalue weighted by atomic mass is 16.5. The molecule has 1 aromatic rings. The summed E-state index contributed by atoms with van der Waals surface area (Å²) in [6, 6.07) is 4.05. The molecule has 0 aliphatic carbocycles. The van der Waals surface area contributed by atoms with Gasteiger partial charge in [-0.2, -0.15) is 0 Å². The molecule has 5 heteroatoms. The molecule has 0 radical (unpaired) electrons. The molecule has 1 amide bonds. The first-order chi connectivity index (χ1) is 8.08. The van der Waals surface area contributed by atoms with Crippen molar-refractivity contribution in [1.29, 1.82) is 0 Å². The number of amides is 1. The first-order valence-corrected chi connectivity index (χ1v) is 5.52. The number of methoxy groups -OCH3 is 1. The van der Waals surface area contributed by atoms with Gasteiger partial charge in [0.15, 0.2) is 0 Å². The molecule has 0 heterocycles. The predicted molar refractivity (Wildman–Crippen MR) is 66.2 cm³/mol. The van der Waals surface area contributed by atoms with Gasteiger partial charge in [0.25, 0.3) is 0 Å². The van der Waals surface area contributed by atoms with E-state index in [9.17, 15) is 9.90 Å². The number of hydrogen-bond donors (Lipinski definition) is 3. The standard InChI is InChI=1S/C12H18N2O3/c1-3-4-9(13)12(16)14-10-7-8(17-2)5-6-11(10)15/h5-7,9,15H,3-4,13H2,1-2H3,(H,14,16)/t9-/m0/s1. The maximum Gasteiger partial charge on any atom is 0.241 e. The molecule has 0 saturated heterocycles. The number of ether oxygens (including phenoxy) is 1. The van der Waals surface area contributed by atoms with E-state index in [0.29, 0.717) is 17.9 Å². The van der Waals surface area contributed by atoms with Gasteiger partial charge in [0.1, 0.15) is 11.5 Å². The second-order valence-electron chi connectivity index (χ2n) is 3.77. The Labute approximate surface area is 101 Å². The molecule has 1 aromatic carbocycles. The number of aromatic hydroxyl groups is 1. The zero-order valence-corrected chi connectivity index (χ0v) is 10.1. The van der Waals surface area contributed by atoms with Crippen LogP contribution < -0.4 is 15.8 Å². The number of phenols is 1. The van der Waals surface area contributed by atoms with E-state index in [4.69, 9.17) is 10.5 Å². The summed E-state index contributed by atoms with van der Waals surface area (Å²) < 4.78 is 5.01. The smallest absolute Gasteiger partial charge is 0.241 e. The highest BCUT2D eigenvalue weighted by Gasteiger charge is 2.14. The lowest BCUT2D eigenvalue weighted by molar-refractivity contribution is -0.117. The van der Waals surface area contributed by atoms with Crippen molar-refractivity contribution in [2.24, 2.45) is 5.73 Å². The van der Waals surface area contributed by atoms with E-state index in [-0.39, 0.29) is 11.7 Å². The largest absolute Gasteiger partial charge is 0.506 e. The van der Waals surface area contributed by atoms with Crippen LogP contribution in [0.3, 0.4) is 0 Å². The lowest BCUT2D eigenvalue weighted by Crippen LogP contribution is -2.35. The summed E-state index contributed by atoms with van der Waals surface area (Å²) in [7, 11) is 1.51. The van der Waals surface area contributed by atoms with Crippen LogP contribution in [0.2, 0.25) is 0 Å². The van der Waals surface area contributed by atoms with Gasteiger partial charge >= 0.3 is 0 Å². The molecule has 4 N–H and O–H groups in total. The van der Waals surface area contributed by atoms with E-state index >= 15 is 0 Å². The van der Waals surface area contributed by atoms with Gasteiger partial charge in [0, 0.05) is 6.07 Å². The molecule has 0 saturated carbocycles. The van der Waals surface area contributed by atoms with Crippen molar-refractivity contribution in [1.82, 2.24) is 0 Å². The predicted octanol–water partition coefficient (Wildman–Crippen LogP) is 1.47. The monoisotopic (exact) mass is 238 g/mol. The van der Waals surface area contributed by atoms with Gasteiger partial charge in [-0.1, -0.05) is 13.3 Å². The molecule has 17 heavy (non-hydrogen) atoms. The molecule has 0 unspecified atom stereocenters. The van der Waals surface area contributed by atoms with Crippen LogP contribution in [0, 0.1) is 0 Å². The molecule has 1 rings (SSSR count). The number of carbonyl (C=O) groups excluding carboxylic acids is 1. The second kappa shape index (κ2) is 6.10. The molecule has 0 aliphatic rings. The Kier molecular flexibility index (Phi) is 4.78. The molecule has 94 valence electrons. The highest BCUT2D eigenvalue weighted by Crippen LogP contribution is 2.27. The summed E-state index contributed by atoms with van der Waals surface area (Å²) in [4.78, 5) is 11.7. The molecular formula is C12H18N2O3. The average molecular weight is 238 g/mol. The van der Waals surface area contributed by atoms with Gasteiger partial charge < -0.3 is 20.9 Å². The van der Waals surface area contributed by atoms with E-state index in [1.165, 1.54) is 13.2 Å². The van der Waals surface area contributed by atoms with Crippen molar-refractivity contribution >= 4 is 11.6 Å². The SMILES string of the molecule is CCC[C@H](N)C(=O)Nc1cc(OC)ccc1O. The van der Waals surface area contributed by atoms with Crippen LogP contribution in [0.1, 0.15) is 19.8 Å². The molecule has 0 fully saturated rings. The fourth-order valence-corrected chi connectivity index (χ4v) is 1.41. The number of nitrogens with one attached hydrogen (secondary N) is 1. The third kappa shape index (κ3) is 3.64. The highest BCUT2D eigenvalue weighted by molar-refractivity contribution is 5.96. The summed E-state index contributed by atoms with van der Waals surface area (Å²) in [5.74, 6) is 0.236. The van der Waals surface area contributed by atoms with E-state index < -0.39 is 6.04 Å². The lowest BCUT2D eigenvalue weighted by atomic mass is 10.1. The number of carbonyl (C=O) groups is 1. The summed E-state index contributed by atoms with van der Waals surface area (Å²) >= 11 is 0. The van der Waals surface area contributed by atoms with Crippen molar-refractivity contribution in [3.05, 3.63) is 18.2 Å². The van der Waals surface area contributed by atoms with E-state index in [0.717, 1.165) is 6.42 Å². The van der Waals surface area contributed by atoms with Gasteiger partial charge in [-0.25, -0.2) is 0 Å². The van der Waals surface area contributed by atoms with Crippen molar-refractivity contribution in [2.45, 2.75) is 25.8 Å². The van der Waals surface area contributed by atoms with Crippen LogP contribution in [0.4, 0.5) is 5.69 Å². The zero-order valence-electron chi connectivity index (χ0n) is 10.1. The molecule has 5 nitrogen and oxygen atoms in total. The Hall–Kier alpha value is -1.75. The van der Waals surface area contributed by atoms with Crippen molar-refractivity contribution in [3.8, 4) is 11.5 Å². The van der Waals surface area contributed by atoms with Gasteiger partial charge in [-0.05, 0) is 18.6 Å². The Morgan fingerprint density at radius 2 is 2.29 bits per heavy atom. The molecule has 0 aliphatic heterocycles. The van der Waals surface area contributed by atoms with Crippen LogP contribution in [-0.2, 0) is 4.79 Å². The number of nitrogens with two attached hydrogens (primary N) is 1. The number of rotatable bonds is 5. The Bertz CT molecular complexity index is 393. The molecule has 0 bridgehead atoms.